The van der Waals surface area contributed by atoms with Gasteiger partial charge in [-0.05, 0) is 18.6 Å². The molecule has 1 rings (SSSR count). The Bertz CT molecular complexity index is 404. The van der Waals surface area contributed by atoms with Gasteiger partial charge in [-0.1, -0.05) is 17.7 Å². The van der Waals surface area contributed by atoms with Crippen LogP contribution in [-0.2, 0) is 9.47 Å². The van der Waals surface area contributed by atoms with Gasteiger partial charge >= 0.3 is 0 Å². The molecule has 0 aliphatic carbocycles. The van der Waals surface area contributed by atoms with Gasteiger partial charge in [-0.3, -0.25) is 0 Å². The lowest BCUT2D eigenvalue weighted by Crippen LogP contribution is -2.09. The maximum atomic E-state index is 8.99. The number of methoxy groups -OCH3 is 1. The van der Waals surface area contributed by atoms with Gasteiger partial charge in [0.2, 0.25) is 0 Å². The molecule has 0 aromatic heterocycles. The molecule has 0 unspecified atom stereocenters. The number of ether oxygens (including phenoxy) is 2. The highest BCUT2D eigenvalue weighted by atomic mass is 35.5. The van der Waals surface area contributed by atoms with E-state index in [9.17, 15) is 0 Å². The fraction of sp³-hybridized carbons (Fsp3) is 0.462. The lowest BCUT2D eigenvalue weighted by molar-refractivity contribution is 0.0705. The Morgan fingerprint density at radius 3 is 2.89 bits per heavy atom. The van der Waals surface area contributed by atoms with Gasteiger partial charge in [0.25, 0.3) is 0 Å². The average Bonchev–Trinajstić information content (AvgIpc) is 2.38. The van der Waals surface area contributed by atoms with Crippen LogP contribution in [0.15, 0.2) is 18.2 Å². The van der Waals surface area contributed by atoms with Gasteiger partial charge in [0, 0.05) is 20.3 Å². The summed E-state index contributed by atoms with van der Waals surface area (Å²) in [6, 6.07) is 7.46. The number of nitriles is 1. The molecule has 1 aromatic rings. The molecule has 0 atom stereocenters. The first-order chi connectivity index (χ1) is 8.79. The van der Waals surface area contributed by atoms with E-state index in [2.05, 4.69) is 11.4 Å². The zero-order chi connectivity index (χ0) is 13.2. The third-order valence-electron chi connectivity index (χ3n) is 2.34. The summed E-state index contributed by atoms with van der Waals surface area (Å²) < 4.78 is 10.2. The standard InChI is InChI=1S/C13H17ClN2O2/c1-17-8-9-18-7-3-6-16-13-5-2-4-12(14)11(13)10-15/h2,4-5,16H,3,6-9H2,1H3. The molecule has 5 heteroatoms. The monoisotopic (exact) mass is 268 g/mol. The molecule has 0 saturated heterocycles. The zero-order valence-electron chi connectivity index (χ0n) is 10.4. The number of halogens is 1. The molecule has 0 heterocycles. The van der Waals surface area contributed by atoms with Gasteiger partial charge in [-0.2, -0.15) is 5.26 Å². The van der Waals surface area contributed by atoms with Crippen LogP contribution in [0.2, 0.25) is 5.02 Å². The number of nitrogens with zero attached hydrogens (tertiary/aromatic N) is 1. The van der Waals surface area contributed by atoms with Crippen molar-refractivity contribution in [3.8, 4) is 6.07 Å². The molecule has 98 valence electrons. The fourth-order valence-corrected chi connectivity index (χ4v) is 1.64. The van der Waals surface area contributed by atoms with E-state index in [1.807, 2.05) is 12.1 Å². The number of benzene rings is 1. The summed E-state index contributed by atoms with van der Waals surface area (Å²) >= 11 is 5.93. The minimum atomic E-state index is 0.471. The van der Waals surface area contributed by atoms with Crippen LogP contribution < -0.4 is 5.32 Å². The Morgan fingerprint density at radius 2 is 2.17 bits per heavy atom. The first kappa shape index (κ1) is 14.8. The zero-order valence-corrected chi connectivity index (χ0v) is 11.2. The van der Waals surface area contributed by atoms with Crippen LogP contribution in [0.25, 0.3) is 0 Å². The van der Waals surface area contributed by atoms with Crippen molar-refractivity contribution < 1.29 is 9.47 Å². The number of hydrogen-bond acceptors (Lipinski definition) is 4. The lowest BCUT2D eigenvalue weighted by atomic mass is 10.2. The van der Waals surface area contributed by atoms with E-state index < -0.39 is 0 Å². The second kappa shape index (κ2) is 8.76. The molecule has 0 saturated carbocycles. The van der Waals surface area contributed by atoms with Crippen molar-refractivity contribution in [3.63, 3.8) is 0 Å². The van der Waals surface area contributed by atoms with Gasteiger partial charge < -0.3 is 14.8 Å². The molecule has 0 bridgehead atoms. The van der Waals surface area contributed by atoms with Crippen molar-refractivity contribution in [2.24, 2.45) is 0 Å². The summed E-state index contributed by atoms with van der Waals surface area (Å²) in [5, 5.41) is 12.6. The number of anilines is 1. The number of nitrogens with one attached hydrogen (secondary N) is 1. The molecule has 1 N–H and O–H groups in total. The van der Waals surface area contributed by atoms with Crippen molar-refractivity contribution in [3.05, 3.63) is 28.8 Å². The molecule has 0 radical (unpaired) electrons. The topological polar surface area (TPSA) is 54.3 Å². The van der Waals surface area contributed by atoms with Crippen LogP contribution >= 0.6 is 11.6 Å². The van der Waals surface area contributed by atoms with E-state index in [4.69, 9.17) is 26.3 Å². The SMILES string of the molecule is COCCOCCCNc1cccc(Cl)c1C#N. The van der Waals surface area contributed by atoms with Gasteiger partial charge in [0.05, 0.1) is 29.5 Å². The normalized spacial score (nSPS) is 10.1. The van der Waals surface area contributed by atoms with Crippen molar-refractivity contribution in [1.29, 1.82) is 5.26 Å². The largest absolute Gasteiger partial charge is 0.384 e. The molecule has 0 fully saturated rings. The molecule has 0 amide bonds. The molecule has 0 aliphatic heterocycles. The Balaban J connectivity index is 2.28. The summed E-state index contributed by atoms with van der Waals surface area (Å²) in [5.74, 6) is 0. The molecule has 18 heavy (non-hydrogen) atoms. The molecule has 0 spiro atoms. The highest BCUT2D eigenvalue weighted by molar-refractivity contribution is 6.32. The first-order valence-electron chi connectivity index (χ1n) is 5.78. The van der Waals surface area contributed by atoms with E-state index >= 15 is 0 Å². The van der Waals surface area contributed by atoms with Gasteiger partial charge in [-0.15, -0.1) is 0 Å². The maximum Gasteiger partial charge on any atom is 0.103 e. The third kappa shape index (κ3) is 4.92. The van der Waals surface area contributed by atoms with Gasteiger partial charge in [0.1, 0.15) is 6.07 Å². The molecule has 1 aromatic carbocycles. The number of rotatable bonds is 8. The highest BCUT2D eigenvalue weighted by Gasteiger charge is 2.04. The highest BCUT2D eigenvalue weighted by Crippen LogP contribution is 2.22. The summed E-state index contributed by atoms with van der Waals surface area (Å²) in [5.41, 5.74) is 1.25. The van der Waals surface area contributed by atoms with Crippen LogP contribution in [0.5, 0.6) is 0 Å². The molecule has 4 nitrogen and oxygen atoms in total. The Labute approximate surface area is 112 Å². The third-order valence-corrected chi connectivity index (χ3v) is 2.65. The predicted molar refractivity (Wildman–Crippen MR) is 72.0 cm³/mol. The van der Waals surface area contributed by atoms with E-state index in [1.165, 1.54) is 0 Å². The smallest absolute Gasteiger partial charge is 0.103 e. The summed E-state index contributed by atoms with van der Waals surface area (Å²) in [7, 11) is 1.65. The summed E-state index contributed by atoms with van der Waals surface area (Å²) in [4.78, 5) is 0. The quantitative estimate of drug-likeness (QED) is 0.737. The maximum absolute atomic E-state index is 8.99. The van der Waals surface area contributed by atoms with Gasteiger partial charge in [0.15, 0.2) is 0 Å². The van der Waals surface area contributed by atoms with E-state index in [0.717, 1.165) is 18.7 Å². The van der Waals surface area contributed by atoms with Crippen LogP contribution in [0, 0.1) is 11.3 Å². The average molecular weight is 269 g/mol. The Morgan fingerprint density at radius 1 is 1.33 bits per heavy atom. The Hall–Kier alpha value is -1.28. The van der Waals surface area contributed by atoms with Gasteiger partial charge in [-0.25, -0.2) is 0 Å². The van der Waals surface area contributed by atoms with Crippen molar-refractivity contribution in [2.45, 2.75) is 6.42 Å². The van der Waals surface area contributed by atoms with Crippen molar-refractivity contribution >= 4 is 17.3 Å². The lowest BCUT2D eigenvalue weighted by Gasteiger charge is -2.09. The van der Waals surface area contributed by atoms with E-state index in [1.54, 1.807) is 13.2 Å². The molecular formula is C13H17ClN2O2. The molecular weight excluding hydrogens is 252 g/mol. The van der Waals surface area contributed by atoms with Crippen LogP contribution in [-0.4, -0.2) is 33.5 Å². The van der Waals surface area contributed by atoms with Crippen LogP contribution in [0.4, 0.5) is 5.69 Å². The fourth-order valence-electron chi connectivity index (χ4n) is 1.43. The second-order valence-corrected chi connectivity index (χ2v) is 4.07. The van der Waals surface area contributed by atoms with Crippen LogP contribution in [0.1, 0.15) is 12.0 Å². The minimum Gasteiger partial charge on any atom is -0.384 e. The first-order valence-corrected chi connectivity index (χ1v) is 6.16. The Kier molecular flexibility index (Phi) is 7.19. The van der Waals surface area contributed by atoms with Crippen LogP contribution in [0.3, 0.4) is 0 Å². The second-order valence-electron chi connectivity index (χ2n) is 3.66. The van der Waals surface area contributed by atoms with Crippen molar-refractivity contribution in [2.75, 3.05) is 38.8 Å². The summed E-state index contributed by atoms with van der Waals surface area (Å²) in [6.45, 7) is 2.62. The predicted octanol–water partition coefficient (Wildman–Crippen LogP) is 2.68. The number of hydrogen-bond donors (Lipinski definition) is 1. The van der Waals surface area contributed by atoms with Crippen molar-refractivity contribution in [1.82, 2.24) is 0 Å². The van der Waals surface area contributed by atoms with E-state index in [0.29, 0.717) is 30.4 Å². The minimum absolute atomic E-state index is 0.471. The van der Waals surface area contributed by atoms with E-state index in [-0.39, 0.29) is 0 Å². The summed E-state index contributed by atoms with van der Waals surface area (Å²) in [6.07, 6.45) is 0.862. The molecule has 0 aliphatic rings.